The van der Waals surface area contributed by atoms with E-state index in [2.05, 4.69) is 25.6 Å². The summed E-state index contributed by atoms with van der Waals surface area (Å²) in [4.78, 5) is 19.9. The Morgan fingerprint density at radius 2 is 2.25 bits per heavy atom. The zero-order valence-electron chi connectivity index (χ0n) is 10.5. The minimum absolute atomic E-state index is 0.0930. The van der Waals surface area contributed by atoms with E-state index in [-0.39, 0.29) is 16.7 Å². The summed E-state index contributed by atoms with van der Waals surface area (Å²) in [6.45, 7) is 0. The van der Waals surface area contributed by atoms with Gasteiger partial charge in [-0.3, -0.25) is 15.5 Å². The molecule has 0 saturated carbocycles. The van der Waals surface area contributed by atoms with E-state index in [1.165, 1.54) is 11.3 Å². The molecule has 20 heavy (non-hydrogen) atoms. The molecular formula is C8H10N8O2S2. The Hall–Kier alpha value is -2.05. The van der Waals surface area contributed by atoms with Gasteiger partial charge in [0.15, 0.2) is 9.37 Å². The maximum absolute atomic E-state index is 10.9. The molecule has 2 rings (SSSR count). The molecule has 0 amide bonds. The predicted octanol–water partition coefficient (Wildman–Crippen LogP) is 0.739. The lowest BCUT2D eigenvalue weighted by atomic mass is 10.5. The van der Waals surface area contributed by atoms with Crippen LogP contribution in [0, 0.1) is 10.1 Å². The van der Waals surface area contributed by atoms with Gasteiger partial charge < -0.3 is 4.90 Å². The third-order valence-electron chi connectivity index (χ3n) is 2.02. The number of hydrogen-bond acceptors (Lipinski definition) is 11. The molecule has 12 heteroatoms. The molecule has 0 aromatic carbocycles. The van der Waals surface area contributed by atoms with Crippen molar-refractivity contribution in [2.75, 3.05) is 24.4 Å². The highest BCUT2D eigenvalue weighted by molar-refractivity contribution is 8.01. The molecule has 0 aliphatic rings. The quantitative estimate of drug-likeness (QED) is 0.352. The molecule has 0 radical (unpaired) electrons. The molecule has 0 atom stereocenters. The first kappa shape index (κ1) is 14.4. The van der Waals surface area contributed by atoms with E-state index in [0.717, 1.165) is 18.0 Å². The van der Waals surface area contributed by atoms with E-state index in [1.54, 1.807) is 4.90 Å². The summed E-state index contributed by atoms with van der Waals surface area (Å²) in [6, 6.07) is 0. The van der Waals surface area contributed by atoms with Crippen molar-refractivity contribution in [1.82, 2.24) is 20.2 Å². The lowest BCUT2D eigenvalue weighted by Gasteiger charge is -2.04. The van der Waals surface area contributed by atoms with E-state index in [0.29, 0.717) is 9.47 Å². The first-order chi connectivity index (χ1) is 9.51. The van der Waals surface area contributed by atoms with Gasteiger partial charge in [-0.15, -0.1) is 10.2 Å². The molecule has 2 heterocycles. The normalized spacial score (nSPS) is 10.3. The zero-order valence-corrected chi connectivity index (χ0v) is 12.1. The van der Waals surface area contributed by atoms with E-state index >= 15 is 0 Å². The SMILES string of the molecule is CN(C)c1nnc(Sc2nc(NN)ncc2[N+](=O)[O-])s1. The molecule has 0 aliphatic heterocycles. The largest absolute Gasteiger partial charge is 0.353 e. The van der Waals surface area contributed by atoms with Crippen LogP contribution in [0.1, 0.15) is 0 Å². The molecule has 0 unspecified atom stereocenters. The molecule has 10 nitrogen and oxygen atoms in total. The maximum Gasteiger partial charge on any atom is 0.320 e. The molecule has 0 fully saturated rings. The van der Waals surface area contributed by atoms with E-state index in [9.17, 15) is 10.1 Å². The zero-order chi connectivity index (χ0) is 14.7. The monoisotopic (exact) mass is 314 g/mol. The van der Waals surface area contributed by atoms with Crippen LogP contribution in [0.2, 0.25) is 0 Å². The van der Waals surface area contributed by atoms with Gasteiger partial charge in [0.1, 0.15) is 6.20 Å². The van der Waals surface area contributed by atoms with Gasteiger partial charge in [0.05, 0.1) is 4.92 Å². The summed E-state index contributed by atoms with van der Waals surface area (Å²) in [5, 5.41) is 19.7. The summed E-state index contributed by atoms with van der Waals surface area (Å²) >= 11 is 2.34. The fourth-order valence-electron chi connectivity index (χ4n) is 1.14. The van der Waals surface area contributed by atoms with Gasteiger partial charge in [0.25, 0.3) is 0 Å². The van der Waals surface area contributed by atoms with Crippen LogP contribution in [0.4, 0.5) is 16.8 Å². The second-order valence-electron chi connectivity index (χ2n) is 3.63. The second kappa shape index (κ2) is 5.94. The standard InChI is InChI=1S/C8H10N8O2S2/c1-15(2)7-13-14-8(20-7)19-5-4(16(17)18)3-10-6(11-5)12-9/h3H,9H2,1-2H3,(H,10,11,12). The summed E-state index contributed by atoms with van der Waals surface area (Å²) < 4.78 is 0.540. The van der Waals surface area contributed by atoms with Crippen LogP contribution >= 0.6 is 23.1 Å². The molecule has 3 N–H and O–H groups in total. The number of nitrogen functional groups attached to an aromatic ring is 1. The Kier molecular flexibility index (Phi) is 4.26. The summed E-state index contributed by atoms with van der Waals surface area (Å²) in [6.07, 6.45) is 1.10. The van der Waals surface area contributed by atoms with Gasteiger partial charge in [0, 0.05) is 14.1 Å². The van der Waals surface area contributed by atoms with Crippen LogP contribution in [0.25, 0.3) is 0 Å². The first-order valence-electron chi connectivity index (χ1n) is 5.18. The summed E-state index contributed by atoms with van der Waals surface area (Å²) in [5.74, 6) is 5.29. The fraction of sp³-hybridized carbons (Fsp3) is 0.250. The molecule has 0 aliphatic carbocycles. The molecule has 0 bridgehead atoms. The number of anilines is 2. The number of hydrazine groups is 1. The highest BCUT2D eigenvalue weighted by Gasteiger charge is 2.20. The first-order valence-corrected chi connectivity index (χ1v) is 6.81. The van der Waals surface area contributed by atoms with Crippen LogP contribution in [0.15, 0.2) is 15.6 Å². The maximum atomic E-state index is 10.9. The van der Waals surface area contributed by atoms with Gasteiger partial charge in [-0.25, -0.2) is 10.8 Å². The van der Waals surface area contributed by atoms with Crippen molar-refractivity contribution in [1.29, 1.82) is 0 Å². The minimum atomic E-state index is -0.559. The number of hydrogen-bond donors (Lipinski definition) is 2. The number of aromatic nitrogens is 4. The van der Waals surface area contributed by atoms with Crippen LogP contribution in [0.5, 0.6) is 0 Å². The third-order valence-corrected chi connectivity index (χ3v) is 4.16. The smallest absolute Gasteiger partial charge is 0.320 e. The number of nitrogens with one attached hydrogen (secondary N) is 1. The van der Waals surface area contributed by atoms with Gasteiger partial charge in [-0.1, -0.05) is 11.3 Å². The van der Waals surface area contributed by atoms with Gasteiger partial charge >= 0.3 is 5.69 Å². The minimum Gasteiger partial charge on any atom is -0.353 e. The molecule has 106 valence electrons. The van der Waals surface area contributed by atoms with Gasteiger partial charge in [-0.2, -0.15) is 4.98 Å². The summed E-state index contributed by atoms with van der Waals surface area (Å²) in [5.41, 5.74) is 2.03. The second-order valence-corrected chi connectivity index (χ2v) is 5.82. The Balaban J connectivity index is 2.32. The molecule has 0 saturated heterocycles. The van der Waals surface area contributed by atoms with Crippen LogP contribution in [-0.4, -0.2) is 39.2 Å². The average Bonchev–Trinajstić information content (AvgIpc) is 2.87. The van der Waals surface area contributed by atoms with Crippen molar-refractivity contribution in [3.8, 4) is 0 Å². The van der Waals surface area contributed by atoms with E-state index in [1.807, 2.05) is 14.1 Å². The van der Waals surface area contributed by atoms with Gasteiger partial charge in [0.2, 0.25) is 11.1 Å². The topological polar surface area (TPSA) is 136 Å². The van der Waals surface area contributed by atoms with Crippen molar-refractivity contribution in [3.63, 3.8) is 0 Å². The van der Waals surface area contributed by atoms with Crippen molar-refractivity contribution in [2.24, 2.45) is 5.84 Å². The van der Waals surface area contributed by atoms with E-state index < -0.39 is 4.92 Å². The van der Waals surface area contributed by atoms with Crippen molar-refractivity contribution >= 4 is 39.9 Å². The molecule has 2 aromatic rings. The van der Waals surface area contributed by atoms with Crippen LogP contribution < -0.4 is 16.2 Å². The number of rotatable bonds is 5. The predicted molar refractivity (Wildman–Crippen MR) is 74.9 cm³/mol. The average molecular weight is 314 g/mol. The Morgan fingerprint density at radius 1 is 1.50 bits per heavy atom. The van der Waals surface area contributed by atoms with Crippen LogP contribution in [0.3, 0.4) is 0 Å². The number of nitrogens with zero attached hydrogens (tertiary/aromatic N) is 6. The molecule has 0 spiro atoms. The summed E-state index contributed by atoms with van der Waals surface area (Å²) in [7, 11) is 3.66. The Labute approximate surface area is 121 Å². The highest BCUT2D eigenvalue weighted by atomic mass is 32.2. The van der Waals surface area contributed by atoms with Crippen LogP contribution in [-0.2, 0) is 0 Å². The highest BCUT2D eigenvalue weighted by Crippen LogP contribution is 2.36. The van der Waals surface area contributed by atoms with Gasteiger partial charge in [-0.05, 0) is 11.8 Å². The Morgan fingerprint density at radius 3 is 2.80 bits per heavy atom. The van der Waals surface area contributed by atoms with Crippen molar-refractivity contribution < 1.29 is 4.92 Å². The Bertz CT molecular complexity index is 631. The van der Waals surface area contributed by atoms with Crippen molar-refractivity contribution in [3.05, 3.63) is 16.3 Å². The van der Waals surface area contributed by atoms with Crippen molar-refractivity contribution in [2.45, 2.75) is 9.37 Å². The van der Waals surface area contributed by atoms with E-state index in [4.69, 9.17) is 5.84 Å². The lowest BCUT2D eigenvalue weighted by molar-refractivity contribution is -0.388. The number of nitro groups is 1. The molecule has 2 aromatic heterocycles. The fourth-order valence-corrected chi connectivity index (χ4v) is 2.88. The number of nitrogens with two attached hydrogens (primary N) is 1. The third kappa shape index (κ3) is 3.09. The lowest BCUT2D eigenvalue weighted by Crippen LogP contribution is -2.11. The molecular weight excluding hydrogens is 304 g/mol.